The summed E-state index contributed by atoms with van der Waals surface area (Å²) in [5.74, 6) is -1.52. The zero-order chi connectivity index (χ0) is 11.1. The lowest BCUT2D eigenvalue weighted by molar-refractivity contribution is -0.143. The summed E-state index contributed by atoms with van der Waals surface area (Å²) in [7, 11) is 0. The fourth-order valence-electron chi connectivity index (χ4n) is 0.865. The number of hydrogen-bond donors (Lipinski definition) is 2. The van der Waals surface area contributed by atoms with Crippen LogP contribution in [0, 0.1) is 0 Å². The topological polar surface area (TPSA) is 88.5 Å². The van der Waals surface area contributed by atoms with Crippen LogP contribution in [0.5, 0.6) is 0 Å². The Bertz CT molecular complexity index is 339. The monoisotopic (exact) mass is 210 g/mol. The molecule has 6 heteroatoms. The Morgan fingerprint density at radius 1 is 1.47 bits per heavy atom. The van der Waals surface area contributed by atoms with E-state index >= 15 is 0 Å². The van der Waals surface area contributed by atoms with Crippen LogP contribution in [-0.2, 0) is 14.3 Å². The predicted octanol–water partition coefficient (Wildman–Crippen LogP) is 0.121. The van der Waals surface area contributed by atoms with Crippen LogP contribution in [0.4, 0.5) is 5.69 Å². The number of carboxylic acids is 1. The number of carboxylic acid groups (broad SMARTS) is 1. The van der Waals surface area contributed by atoms with Gasteiger partial charge < -0.3 is 15.2 Å². The first-order valence-corrected chi connectivity index (χ1v) is 4.18. The van der Waals surface area contributed by atoms with Gasteiger partial charge in [-0.1, -0.05) is 0 Å². The maximum atomic E-state index is 11.1. The highest BCUT2D eigenvalue weighted by molar-refractivity contribution is 5.91. The third-order valence-corrected chi connectivity index (χ3v) is 1.40. The van der Waals surface area contributed by atoms with Crippen molar-refractivity contribution in [2.24, 2.45) is 0 Å². The van der Waals surface area contributed by atoms with Gasteiger partial charge in [-0.2, -0.15) is 0 Å². The first kappa shape index (κ1) is 11.1. The van der Waals surface area contributed by atoms with Crippen molar-refractivity contribution >= 4 is 17.6 Å². The minimum atomic E-state index is -1.11. The minimum Gasteiger partial charge on any atom is -0.480 e. The van der Waals surface area contributed by atoms with Gasteiger partial charge in [-0.05, 0) is 12.1 Å². The number of carbonyl (C=O) groups is 2. The van der Waals surface area contributed by atoms with Gasteiger partial charge in [0.15, 0.2) is 0 Å². The van der Waals surface area contributed by atoms with Crippen LogP contribution in [0.25, 0.3) is 0 Å². The SMILES string of the molecule is O=C(O)COCC(=O)Nc1cccnc1. The molecule has 15 heavy (non-hydrogen) atoms. The lowest BCUT2D eigenvalue weighted by Crippen LogP contribution is -2.20. The lowest BCUT2D eigenvalue weighted by atomic mass is 10.4. The average Bonchev–Trinajstić information content (AvgIpc) is 2.18. The van der Waals surface area contributed by atoms with E-state index in [2.05, 4.69) is 15.0 Å². The van der Waals surface area contributed by atoms with Crippen LogP contribution in [-0.4, -0.2) is 35.2 Å². The minimum absolute atomic E-state index is 0.290. The summed E-state index contributed by atoms with van der Waals surface area (Å²) in [6, 6.07) is 3.34. The molecule has 0 aliphatic carbocycles. The normalized spacial score (nSPS) is 9.60. The van der Waals surface area contributed by atoms with Crippen molar-refractivity contribution in [2.75, 3.05) is 18.5 Å². The van der Waals surface area contributed by atoms with E-state index in [4.69, 9.17) is 5.11 Å². The summed E-state index contributed by atoms with van der Waals surface area (Å²) in [6.45, 7) is -0.776. The fourth-order valence-corrected chi connectivity index (χ4v) is 0.865. The van der Waals surface area contributed by atoms with Gasteiger partial charge in [0.25, 0.3) is 0 Å². The Balaban J connectivity index is 2.28. The van der Waals surface area contributed by atoms with E-state index < -0.39 is 18.5 Å². The summed E-state index contributed by atoms with van der Waals surface area (Å²) in [5.41, 5.74) is 0.543. The zero-order valence-electron chi connectivity index (χ0n) is 7.84. The smallest absolute Gasteiger partial charge is 0.329 e. The van der Waals surface area contributed by atoms with Gasteiger partial charge in [-0.15, -0.1) is 0 Å². The van der Waals surface area contributed by atoms with Crippen LogP contribution in [0.3, 0.4) is 0 Å². The van der Waals surface area contributed by atoms with E-state index in [-0.39, 0.29) is 6.61 Å². The molecule has 6 nitrogen and oxygen atoms in total. The summed E-state index contributed by atoms with van der Waals surface area (Å²) in [4.78, 5) is 25.0. The fraction of sp³-hybridized carbons (Fsp3) is 0.222. The van der Waals surface area contributed by atoms with Crippen LogP contribution in [0.2, 0.25) is 0 Å². The number of hydrogen-bond acceptors (Lipinski definition) is 4. The van der Waals surface area contributed by atoms with Gasteiger partial charge in [0.05, 0.1) is 11.9 Å². The molecule has 0 radical (unpaired) electrons. The molecule has 1 amide bonds. The molecule has 1 heterocycles. The molecule has 0 spiro atoms. The first-order chi connectivity index (χ1) is 7.18. The van der Waals surface area contributed by atoms with Crippen LogP contribution in [0.15, 0.2) is 24.5 Å². The molecule has 2 N–H and O–H groups in total. The highest BCUT2D eigenvalue weighted by atomic mass is 16.5. The second-order valence-electron chi connectivity index (χ2n) is 2.68. The summed E-state index contributed by atoms with van der Waals surface area (Å²) in [5, 5.41) is 10.7. The Labute approximate surface area is 85.9 Å². The number of nitrogens with zero attached hydrogens (tertiary/aromatic N) is 1. The first-order valence-electron chi connectivity index (χ1n) is 4.18. The molecular formula is C9H10N2O4. The van der Waals surface area contributed by atoms with Gasteiger partial charge in [-0.25, -0.2) is 4.79 Å². The highest BCUT2D eigenvalue weighted by Crippen LogP contribution is 2.01. The third kappa shape index (κ3) is 4.72. The second kappa shape index (κ2) is 5.71. The van der Waals surface area contributed by atoms with Crippen LogP contribution < -0.4 is 5.32 Å². The molecule has 0 saturated carbocycles. The third-order valence-electron chi connectivity index (χ3n) is 1.40. The average molecular weight is 210 g/mol. The molecule has 0 aromatic carbocycles. The molecule has 1 aromatic rings. The number of anilines is 1. The molecule has 0 unspecified atom stereocenters. The van der Waals surface area contributed by atoms with E-state index in [1.54, 1.807) is 18.3 Å². The predicted molar refractivity (Wildman–Crippen MR) is 51.3 cm³/mol. The molecule has 0 saturated heterocycles. The lowest BCUT2D eigenvalue weighted by Gasteiger charge is -2.03. The summed E-state index contributed by atoms with van der Waals surface area (Å²) < 4.78 is 4.60. The van der Waals surface area contributed by atoms with E-state index in [1.807, 2.05) is 0 Å². The van der Waals surface area contributed by atoms with Crippen LogP contribution in [0.1, 0.15) is 0 Å². The number of pyridine rings is 1. The molecule has 0 aliphatic rings. The molecule has 1 rings (SSSR count). The molecule has 0 bridgehead atoms. The number of carbonyl (C=O) groups excluding carboxylic acids is 1. The van der Waals surface area contributed by atoms with Crippen LogP contribution >= 0.6 is 0 Å². The summed E-state index contributed by atoms with van der Waals surface area (Å²) in [6.07, 6.45) is 3.06. The molecule has 0 fully saturated rings. The Kier molecular flexibility index (Phi) is 4.24. The molecule has 1 aromatic heterocycles. The number of rotatable bonds is 5. The largest absolute Gasteiger partial charge is 0.480 e. The molecule has 0 atom stereocenters. The standard InChI is InChI=1S/C9H10N2O4/c12-8(5-15-6-9(13)14)11-7-2-1-3-10-4-7/h1-4H,5-6H2,(H,11,12)(H,13,14). The van der Waals surface area contributed by atoms with Gasteiger partial charge in [0.1, 0.15) is 13.2 Å². The van der Waals surface area contributed by atoms with Crippen molar-refractivity contribution < 1.29 is 19.4 Å². The Morgan fingerprint density at radius 3 is 2.87 bits per heavy atom. The number of amides is 1. The summed E-state index contributed by atoms with van der Waals surface area (Å²) >= 11 is 0. The van der Waals surface area contributed by atoms with E-state index in [0.29, 0.717) is 5.69 Å². The van der Waals surface area contributed by atoms with Gasteiger partial charge in [0, 0.05) is 6.20 Å². The maximum Gasteiger partial charge on any atom is 0.329 e. The van der Waals surface area contributed by atoms with Crippen molar-refractivity contribution in [3.05, 3.63) is 24.5 Å². The second-order valence-corrected chi connectivity index (χ2v) is 2.68. The maximum absolute atomic E-state index is 11.1. The van der Waals surface area contributed by atoms with E-state index in [1.165, 1.54) is 6.20 Å². The number of aliphatic carboxylic acids is 1. The zero-order valence-corrected chi connectivity index (χ0v) is 7.84. The van der Waals surface area contributed by atoms with Gasteiger partial charge in [-0.3, -0.25) is 9.78 Å². The van der Waals surface area contributed by atoms with Crippen molar-refractivity contribution in [2.45, 2.75) is 0 Å². The highest BCUT2D eigenvalue weighted by Gasteiger charge is 2.03. The Hall–Kier alpha value is -1.95. The van der Waals surface area contributed by atoms with Crippen molar-refractivity contribution in [3.63, 3.8) is 0 Å². The Morgan fingerprint density at radius 2 is 2.27 bits per heavy atom. The van der Waals surface area contributed by atoms with Crippen molar-refractivity contribution in [1.82, 2.24) is 4.98 Å². The number of ether oxygens (including phenoxy) is 1. The molecular weight excluding hydrogens is 200 g/mol. The number of nitrogens with one attached hydrogen (secondary N) is 1. The van der Waals surface area contributed by atoms with Gasteiger partial charge >= 0.3 is 5.97 Å². The number of aromatic nitrogens is 1. The van der Waals surface area contributed by atoms with Gasteiger partial charge in [0.2, 0.25) is 5.91 Å². The quantitative estimate of drug-likeness (QED) is 0.720. The van der Waals surface area contributed by atoms with E-state index in [0.717, 1.165) is 0 Å². The molecule has 0 aliphatic heterocycles. The van der Waals surface area contributed by atoms with Crippen molar-refractivity contribution in [1.29, 1.82) is 0 Å². The van der Waals surface area contributed by atoms with E-state index in [9.17, 15) is 9.59 Å². The molecule has 80 valence electrons. The van der Waals surface area contributed by atoms with Crippen molar-refractivity contribution in [3.8, 4) is 0 Å².